The van der Waals surface area contributed by atoms with Gasteiger partial charge in [-0.3, -0.25) is 9.59 Å². The summed E-state index contributed by atoms with van der Waals surface area (Å²) in [6.07, 6.45) is 0. The molecule has 0 unspecified atom stereocenters. The normalized spacial score (nSPS) is 11.5. The number of carbonyl (C=O) groups is 2. The maximum absolute atomic E-state index is 12.8. The fraction of sp³-hybridized carbons (Fsp3) is 0.579. The van der Waals surface area contributed by atoms with Crippen molar-refractivity contribution >= 4 is 17.5 Å². The van der Waals surface area contributed by atoms with E-state index in [1.807, 2.05) is 65.7 Å². The monoisotopic (exact) mass is 333 g/mol. The van der Waals surface area contributed by atoms with E-state index in [9.17, 15) is 9.59 Å². The first kappa shape index (κ1) is 20.2. The maximum atomic E-state index is 12.8. The first-order valence-corrected chi connectivity index (χ1v) is 8.32. The lowest BCUT2D eigenvalue weighted by molar-refractivity contribution is -0.128. The van der Waals surface area contributed by atoms with Crippen molar-refractivity contribution in [3.8, 4) is 0 Å². The lowest BCUT2D eigenvalue weighted by atomic mass is 9.94. The van der Waals surface area contributed by atoms with Gasteiger partial charge in [0.15, 0.2) is 0 Å². The SMILES string of the molecule is Cc1cc(C)cc(N(CC(=O)NCCN(C)C)C(=O)C(C)(C)C)c1. The van der Waals surface area contributed by atoms with E-state index in [0.717, 1.165) is 23.4 Å². The van der Waals surface area contributed by atoms with Crippen LogP contribution in [0.25, 0.3) is 0 Å². The Bertz CT molecular complexity index is 569. The molecule has 5 heteroatoms. The number of anilines is 1. The van der Waals surface area contributed by atoms with Gasteiger partial charge in [0, 0.05) is 24.2 Å². The third-order valence-corrected chi connectivity index (χ3v) is 3.59. The van der Waals surface area contributed by atoms with Crippen molar-refractivity contribution in [2.24, 2.45) is 5.41 Å². The molecule has 0 aliphatic heterocycles. The number of hydrogen-bond donors (Lipinski definition) is 1. The zero-order chi connectivity index (χ0) is 18.5. The van der Waals surface area contributed by atoms with Crippen molar-refractivity contribution in [3.63, 3.8) is 0 Å². The number of benzene rings is 1. The summed E-state index contributed by atoms with van der Waals surface area (Å²) in [7, 11) is 3.91. The molecule has 0 radical (unpaired) electrons. The van der Waals surface area contributed by atoms with Gasteiger partial charge in [0.05, 0.1) is 0 Å². The third kappa shape index (κ3) is 6.32. The van der Waals surface area contributed by atoms with Gasteiger partial charge >= 0.3 is 0 Å². The van der Waals surface area contributed by atoms with Gasteiger partial charge in [-0.15, -0.1) is 0 Å². The molecular weight excluding hydrogens is 302 g/mol. The minimum Gasteiger partial charge on any atom is -0.353 e. The van der Waals surface area contributed by atoms with Crippen molar-refractivity contribution < 1.29 is 9.59 Å². The van der Waals surface area contributed by atoms with E-state index in [0.29, 0.717) is 6.54 Å². The predicted molar refractivity (Wildman–Crippen MR) is 99.3 cm³/mol. The average Bonchev–Trinajstić information content (AvgIpc) is 2.41. The van der Waals surface area contributed by atoms with E-state index in [4.69, 9.17) is 0 Å². The van der Waals surface area contributed by atoms with Crippen molar-refractivity contribution in [3.05, 3.63) is 29.3 Å². The smallest absolute Gasteiger partial charge is 0.240 e. The van der Waals surface area contributed by atoms with E-state index in [1.54, 1.807) is 4.90 Å². The Hall–Kier alpha value is -1.88. The first-order valence-electron chi connectivity index (χ1n) is 8.32. The van der Waals surface area contributed by atoms with Gasteiger partial charge in [-0.25, -0.2) is 0 Å². The molecule has 0 fully saturated rings. The van der Waals surface area contributed by atoms with Gasteiger partial charge in [-0.05, 0) is 51.2 Å². The molecule has 0 aliphatic carbocycles. The second kappa shape index (κ2) is 8.29. The molecule has 1 N–H and O–H groups in total. The highest BCUT2D eigenvalue weighted by atomic mass is 16.2. The largest absolute Gasteiger partial charge is 0.353 e. The predicted octanol–water partition coefficient (Wildman–Crippen LogP) is 2.36. The number of nitrogens with one attached hydrogen (secondary N) is 1. The van der Waals surface area contributed by atoms with Crippen LogP contribution in [0.1, 0.15) is 31.9 Å². The van der Waals surface area contributed by atoms with Gasteiger partial charge in [0.1, 0.15) is 6.54 Å². The molecule has 1 aromatic rings. The summed E-state index contributed by atoms with van der Waals surface area (Å²) in [6.45, 7) is 11.0. The van der Waals surface area contributed by atoms with Gasteiger partial charge in [-0.2, -0.15) is 0 Å². The quantitative estimate of drug-likeness (QED) is 0.869. The minimum atomic E-state index is -0.554. The van der Waals surface area contributed by atoms with Crippen LogP contribution in [-0.2, 0) is 9.59 Å². The summed E-state index contributed by atoms with van der Waals surface area (Å²) in [6, 6.07) is 5.95. The van der Waals surface area contributed by atoms with E-state index < -0.39 is 5.41 Å². The summed E-state index contributed by atoms with van der Waals surface area (Å²) in [4.78, 5) is 28.7. The van der Waals surface area contributed by atoms with Gasteiger partial charge in [0.2, 0.25) is 11.8 Å². The van der Waals surface area contributed by atoms with Gasteiger partial charge in [-0.1, -0.05) is 26.8 Å². The Morgan fingerprint density at radius 1 is 1.04 bits per heavy atom. The van der Waals surface area contributed by atoms with Gasteiger partial charge < -0.3 is 15.1 Å². The Labute approximate surface area is 146 Å². The van der Waals surface area contributed by atoms with Crippen LogP contribution >= 0.6 is 0 Å². The molecular formula is C19H31N3O2. The Balaban J connectivity index is 2.98. The van der Waals surface area contributed by atoms with Crippen LogP contribution in [0.5, 0.6) is 0 Å². The summed E-state index contributed by atoms with van der Waals surface area (Å²) in [5.74, 6) is -0.205. The Kier molecular flexibility index (Phi) is 6.96. The summed E-state index contributed by atoms with van der Waals surface area (Å²) in [5.41, 5.74) is 2.37. The van der Waals surface area contributed by atoms with Crippen LogP contribution in [0, 0.1) is 19.3 Å². The molecule has 5 nitrogen and oxygen atoms in total. The summed E-state index contributed by atoms with van der Waals surface area (Å²) < 4.78 is 0. The average molecular weight is 333 g/mol. The highest BCUT2D eigenvalue weighted by Gasteiger charge is 2.29. The number of hydrogen-bond acceptors (Lipinski definition) is 3. The number of likely N-dealkylation sites (N-methyl/N-ethyl adjacent to an activating group) is 1. The number of nitrogens with zero attached hydrogens (tertiary/aromatic N) is 2. The first-order chi connectivity index (χ1) is 11.0. The molecule has 0 atom stereocenters. The van der Waals surface area contributed by atoms with Crippen LogP contribution in [0.4, 0.5) is 5.69 Å². The molecule has 24 heavy (non-hydrogen) atoms. The second-order valence-corrected chi connectivity index (χ2v) is 7.64. The highest BCUT2D eigenvalue weighted by molar-refractivity contribution is 6.01. The van der Waals surface area contributed by atoms with Crippen LogP contribution in [0.3, 0.4) is 0 Å². The second-order valence-electron chi connectivity index (χ2n) is 7.64. The Morgan fingerprint density at radius 3 is 2.04 bits per heavy atom. The van der Waals surface area contributed by atoms with Crippen molar-refractivity contribution in [1.29, 1.82) is 0 Å². The molecule has 0 aromatic heterocycles. The van der Waals surface area contributed by atoms with Crippen LogP contribution < -0.4 is 10.2 Å². The zero-order valence-corrected chi connectivity index (χ0v) is 16.1. The number of amides is 2. The molecule has 0 aliphatic rings. The van der Waals surface area contributed by atoms with Crippen LogP contribution in [-0.4, -0.2) is 50.4 Å². The van der Waals surface area contributed by atoms with E-state index in [2.05, 4.69) is 11.4 Å². The van der Waals surface area contributed by atoms with Crippen LogP contribution in [0.2, 0.25) is 0 Å². The Morgan fingerprint density at radius 2 is 1.58 bits per heavy atom. The number of aryl methyl sites for hydroxylation is 2. The van der Waals surface area contributed by atoms with E-state index >= 15 is 0 Å². The molecule has 0 heterocycles. The fourth-order valence-corrected chi connectivity index (χ4v) is 2.41. The lowest BCUT2D eigenvalue weighted by Crippen LogP contribution is -2.46. The number of carbonyl (C=O) groups excluding carboxylic acids is 2. The van der Waals surface area contributed by atoms with E-state index in [-0.39, 0.29) is 18.4 Å². The number of rotatable bonds is 6. The van der Waals surface area contributed by atoms with Gasteiger partial charge in [0.25, 0.3) is 0 Å². The molecule has 0 spiro atoms. The van der Waals surface area contributed by atoms with Crippen LogP contribution in [0.15, 0.2) is 18.2 Å². The molecule has 1 aromatic carbocycles. The molecule has 0 bridgehead atoms. The summed E-state index contributed by atoms with van der Waals surface area (Å²) in [5, 5.41) is 2.88. The van der Waals surface area contributed by atoms with E-state index in [1.165, 1.54) is 0 Å². The molecule has 134 valence electrons. The zero-order valence-electron chi connectivity index (χ0n) is 16.1. The van der Waals surface area contributed by atoms with Crippen molar-refractivity contribution in [1.82, 2.24) is 10.2 Å². The maximum Gasteiger partial charge on any atom is 0.240 e. The molecule has 0 saturated heterocycles. The standard InChI is InChI=1S/C19H31N3O2/c1-14-10-15(2)12-16(11-14)22(18(24)19(3,4)5)13-17(23)20-8-9-21(6)7/h10-12H,8-9,13H2,1-7H3,(H,20,23). The fourth-order valence-electron chi connectivity index (χ4n) is 2.41. The van der Waals surface area contributed by atoms with Crippen molar-refractivity contribution in [2.45, 2.75) is 34.6 Å². The minimum absolute atomic E-state index is 0.0342. The van der Waals surface area contributed by atoms with Crippen molar-refractivity contribution in [2.75, 3.05) is 38.6 Å². The summed E-state index contributed by atoms with van der Waals surface area (Å²) >= 11 is 0. The third-order valence-electron chi connectivity index (χ3n) is 3.59. The molecule has 0 saturated carbocycles. The molecule has 1 rings (SSSR count). The highest BCUT2D eigenvalue weighted by Crippen LogP contribution is 2.25. The molecule has 2 amide bonds. The topological polar surface area (TPSA) is 52.7 Å². The lowest BCUT2D eigenvalue weighted by Gasteiger charge is -2.29.